The average molecular weight is 552 g/mol. The van der Waals surface area contributed by atoms with E-state index in [9.17, 15) is 35.1 Å². The van der Waals surface area contributed by atoms with E-state index < -0.39 is 46.7 Å². The topological polar surface area (TPSA) is 70.1 Å². The fourth-order valence-electron chi connectivity index (χ4n) is 4.07. The molecule has 0 aliphatic carbocycles. The summed E-state index contributed by atoms with van der Waals surface area (Å²) < 4.78 is 107. The molecule has 2 aromatic carbocycles. The van der Waals surface area contributed by atoms with Crippen molar-refractivity contribution in [1.82, 2.24) is 25.2 Å². The number of halogens is 8. The van der Waals surface area contributed by atoms with Gasteiger partial charge in [0.1, 0.15) is 5.82 Å². The molecule has 202 valence electrons. The first kappa shape index (κ1) is 26.3. The van der Waals surface area contributed by atoms with Crippen molar-refractivity contribution in [3.8, 4) is 22.6 Å². The number of aromatic amines is 1. The quantitative estimate of drug-likeness (QED) is 0.284. The Morgan fingerprint density at radius 3 is 2.33 bits per heavy atom. The average Bonchev–Trinajstić information content (AvgIpc) is 3.32. The molecule has 1 unspecified atom stereocenters. The Balaban J connectivity index is 1.38. The van der Waals surface area contributed by atoms with Crippen molar-refractivity contribution in [2.75, 3.05) is 0 Å². The van der Waals surface area contributed by atoms with E-state index >= 15 is 0 Å². The monoisotopic (exact) mass is 552 g/mol. The lowest BCUT2D eigenvalue weighted by Crippen LogP contribution is -2.26. The highest BCUT2D eigenvalue weighted by Gasteiger charge is 2.38. The summed E-state index contributed by atoms with van der Waals surface area (Å²) in [6.45, 7) is 1.84. The molecule has 14 heteroatoms. The molecule has 1 N–H and O–H groups in total. The summed E-state index contributed by atoms with van der Waals surface area (Å²) in [4.78, 5) is 7.23. The highest BCUT2D eigenvalue weighted by molar-refractivity contribution is 5.81. The number of imidazole rings is 1. The van der Waals surface area contributed by atoms with Crippen LogP contribution in [0.15, 0.2) is 53.6 Å². The largest absolute Gasteiger partial charge is 0.417 e. The van der Waals surface area contributed by atoms with Crippen LogP contribution in [0.5, 0.6) is 0 Å². The van der Waals surface area contributed by atoms with Crippen molar-refractivity contribution in [2.24, 2.45) is 5.10 Å². The van der Waals surface area contributed by atoms with Gasteiger partial charge in [0.05, 0.1) is 58.3 Å². The van der Waals surface area contributed by atoms with Crippen LogP contribution in [-0.4, -0.2) is 31.4 Å². The summed E-state index contributed by atoms with van der Waals surface area (Å²) in [5.74, 6) is -1.96. The molecule has 39 heavy (non-hydrogen) atoms. The molecular weight excluding hydrogens is 536 g/mol. The number of alkyl halides is 6. The van der Waals surface area contributed by atoms with E-state index in [1.54, 1.807) is 11.9 Å². The minimum Gasteiger partial charge on any atom is -0.337 e. The zero-order chi connectivity index (χ0) is 28.1. The van der Waals surface area contributed by atoms with Crippen LogP contribution in [-0.2, 0) is 18.9 Å². The lowest BCUT2D eigenvalue weighted by molar-refractivity contribution is -0.142. The van der Waals surface area contributed by atoms with Gasteiger partial charge in [0.2, 0.25) is 0 Å². The second kappa shape index (κ2) is 9.43. The Morgan fingerprint density at radius 1 is 0.897 bits per heavy atom. The van der Waals surface area contributed by atoms with E-state index in [2.05, 4.69) is 25.3 Å². The van der Waals surface area contributed by atoms with Gasteiger partial charge >= 0.3 is 12.4 Å². The lowest BCUT2D eigenvalue weighted by Gasteiger charge is -2.27. The van der Waals surface area contributed by atoms with Crippen LogP contribution in [0.1, 0.15) is 41.2 Å². The Hall–Kier alpha value is -4.36. The number of nitrogens with zero attached hydrogens (tertiary/aromatic N) is 5. The maximum absolute atomic E-state index is 14.2. The van der Waals surface area contributed by atoms with E-state index in [4.69, 9.17) is 0 Å². The molecule has 5 rings (SSSR count). The summed E-state index contributed by atoms with van der Waals surface area (Å²) in [6, 6.07) is 7.10. The Bertz CT molecular complexity index is 1560. The lowest BCUT2D eigenvalue weighted by atomic mass is 10.00. The van der Waals surface area contributed by atoms with Gasteiger partial charge in [0.15, 0.2) is 11.6 Å². The molecule has 3 heterocycles. The molecule has 4 aromatic rings. The van der Waals surface area contributed by atoms with Crippen LogP contribution in [0.25, 0.3) is 22.6 Å². The molecule has 0 saturated heterocycles. The van der Waals surface area contributed by atoms with E-state index in [1.165, 1.54) is 30.5 Å². The van der Waals surface area contributed by atoms with Crippen LogP contribution in [0.4, 0.5) is 35.1 Å². The molecule has 0 saturated carbocycles. The third-order valence-electron chi connectivity index (χ3n) is 6.15. The smallest absolute Gasteiger partial charge is 0.337 e. The molecule has 1 aliphatic heterocycles. The van der Waals surface area contributed by atoms with Gasteiger partial charge in [-0.05, 0) is 43.3 Å². The predicted octanol–water partition coefficient (Wildman–Crippen LogP) is 6.76. The number of aromatic nitrogens is 4. The molecule has 1 atom stereocenters. The van der Waals surface area contributed by atoms with Gasteiger partial charge in [0, 0.05) is 5.56 Å². The maximum atomic E-state index is 14.2. The molecule has 1 aliphatic rings. The summed E-state index contributed by atoms with van der Waals surface area (Å²) in [5.41, 5.74) is -2.49. The van der Waals surface area contributed by atoms with Crippen molar-refractivity contribution in [3.63, 3.8) is 0 Å². The zero-order valence-corrected chi connectivity index (χ0v) is 19.7. The van der Waals surface area contributed by atoms with Crippen LogP contribution in [0.3, 0.4) is 0 Å². The first-order chi connectivity index (χ1) is 18.3. The maximum Gasteiger partial charge on any atom is 0.417 e. The fraction of sp³-hybridized carbons (Fsp3) is 0.200. The van der Waals surface area contributed by atoms with Gasteiger partial charge in [-0.2, -0.15) is 41.6 Å². The fourth-order valence-corrected chi connectivity index (χ4v) is 4.07. The molecular formula is C25H16F8N6. The number of fused-ring (bicyclic) bond motifs is 1. The standard InChI is InChI=1S/C25H16F8N6/c1-12(39-11-21-20(10-34-39)35-23(36-21)15-3-2-4-17(26)22(15)27)18-7-8-19(38-37-18)14-6-5-13(24(28,29)30)9-16(14)25(31,32)33/h2-10,12H,11H2,1H3,(H,35,36). The molecule has 0 amide bonds. The third-order valence-corrected chi connectivity index (χ3v) is 6.15. The van der Waals surface area contributed by atoms with Gasteiger partial charge in [-0.3, -0.25) is 5.01 Å². The number of hydrogen-bond donors (Lipinski definition) is 1. The predicted molar refractivity (Wildman–Crippen MR) is 123 cm³/mol. The van der Waals surface area contributed by atoms with E-state index in [-0.39, 0.29) is 29.7 Å². The number of hydrogen-bond acceptors (Lipinski definition) is 5. The van der Waals surface area contributed by atoms with Crippen molar-refractivity contribution < 1.29 is 35.1 Å². The van der Waals surface area contributed by atoms with Gasteiger partial charge in [0.25, 0.3) is 0 Å². The summed E-state index contributed by atoms with van der Waals surface area (Å²) in [5, 5.41) is 13.7. The van der Waals surface area contributed by atoms with Crippen LogP contribution in [0.2, 0.25) is 0 Å². The third kappa shape index (κ3) is 5.05. The highest BCUT2D eigenvalue weighted by Crippen LogP contribution is 2.40. The van der Waals surface area contributed by atoms with Gasteiger partial charge in [-0.15, -0.1) is 0 Å². The van der Waals surface area contributed by atoms with E-state index in [0.29, 0.717) is 29.2 Å². The van der Waals surface area contributed by atoms with E-state index in [1.807, 2.05) is 0 Å². The van der Waals surface area contributed by atoms with Crippen molar-refractivity contribution in [1.29, 1.82) is 0 Å². The SMILES string of the molecule is CC(c1ccc(-c2ccc(C(F)(F)F)cc2C(F)(F)F)nn1)N1Cc2nc(-c3cccc(F)c3F)[nH]c2C=N1. The first-order valence-electron chi connectivity index (χ1n) is 11.3. The Kier molecular flexibility index (Phi) is 6.35. The van der Waals surface area contributed by atoms with Crippen molar-refractivity contribution >= 4 is 6.21 Å². The van der Waals surface area contributed by atoms with Gasteiger partial charge < -0.3 is 4.98 Å². The molecule has 6 nitrogen and oxygen atoms in total. The number of hydrazone groups is 1. The second-order valence-electron chi connectivity index (χ2n) is 8.66. The van der Waals surface area contributed by atoms with E-state index in [0.717, 1.165) is 6.07 Å². The number of nitrogens with one attached hydrogen (secondary N) is 1. The summed E-state index contributed by atoms with van der Waals surface area (Å²) in [6.07, 6.45) is -8.57. The number of benzene rings is 2. The number of H-pyrrole nitrogens is 1. The first-order valence-corrected chi connectivity index (χ1v) is 11.3. The highest BCUT2D eigenvalue weighted by atomic mass is 19.4. The van der Waals surface area contributed by atoms with Gasteiger partial charge in [-0.1, -0.05) is 12.1 Å². The van der Waals surface area contributed by atoms with Crippen molar-refractivity contribution in [3.05, 3.63) is 88.4 Å². The minimum absolute atomic E-state index is 0.0431. The number of rotatable bonds is 4. The normalized spacial score (nSPS) is 14.4. The molecule has 0 bridgehead atoms. The minimum atomic E-state index is -5.05. The van der Waals surface area contributed by atoms with Gasteiger partial charge in [-0.25, -0.2) is 13.8 Å². The molecule has 2 aromatic heterocycles. The second-order valence-corrected chi connectivity index (χ2v) is 8.66. The Morgan fingerprint density at radius 2 is 1.67 bits per heavy atom. The van der Waals surface area contributed by atoms with Crippen LogP contribution >= 0.6 is 0 Å². The molecule has 0 fully saturated rings. The zero-order valence-electron chi connectivity index (χ0n) is 19.7. The molecule has 0 radical (unpaired) electrons. The Labute approximate surface area is 215 Å². The van der Waals surface area contributed by atoms with Crippen molar-refractivity contribution in [2.45, 2.75) is 31.9 Å². The van der Waals surface area contributed by atoms with Crippen LogP contribution < -0.4 is 0 Å². The molecule has 0 spiro atoms. The summed E-state index contributed by atoms with van der Waals surface area (Å²) in [7, 11) is 0. The van der Waals surface area contributed by atoms with Crippen LogP contribution in [0, 0.1) is 11.6 Å². The summed E-state index contributed by atoms with van der Waals surface area (Å²) >= 11 is 0.